The molecular formula is C18H27N3O2. The summed E-state index contributed by atoms with van der Waals surface area (Å²) in [6.45, 7) is 6.56. The number of nitrogens with two attached hydrogens (primary N) is 1. The largest absolute Gasteiger partial charge is 0.492 e. The van der Waals surface area contributed by atoms with Crippen molar-refractivity contribution in [1.29, 1.82) is 5.26 Å². The van der Waals surface area contributed by atoms with E-state index in [1.165, 1.54) is 0 Å². The summed E-state index contributed by atoms with van der Waals surface area (Å²) in [5, 5.41) is 19.5. The topological polar surface area (TPSA) is 82.5 Å². The molecular weight excluding hydrogens is 290 g/mol. The fourth-order valence-electron chi connectivity index (χ4n) is 3.07. The number of anilines is 1. The minimum atomic E-state index is -0.375. The number of nitrogen functional groups attached to an aromatic ring is 1. The van der Waals surface area contributed by atoms with Gasteiger partial charge in [0.1, 0.15) is 23.6 Å². The van der Waals surface area contributed by atoms with Crippen molar-refractivity contribution in [1.82, 2.24) is 4.90 Å². The van der Waals surface area contributed by atoms with Crippen LogP contribution in [-0.2, 0) is 0 Å². The molecule has 3 N–H and O–H groups in total. The number of hydrogen-bond donors (Lipinski definition) is 2. The van der Waals surface area contributed by atoms with Crippen LogP contribution in [0.1, 0.15) is 38.7 Å². The Labute approximate surface area is 138 Å². The maximum atomic E-state index is 10.3. The molecule has 0 bridgehead atoms. The first-order chi connectivity index (χ1) is 11.0. The number of ether oxygens (including phenoxy) is 1. The molecule has 0 spiro atoms. The highest BCUT2D eigenvalue weighted by atomic mass is 16.5. The van der Waals surface area contributed by atoms with E-state index in [2.05, 4.69) is 24.8 Å². The van der Waals surface area contributed by atoms with E-state index in [4.69, 9.17) is 10.5 Å². The Morgan fingerprint density at radius 3 is 2.96 bits per heavy atom. The fraction of sp³-hybridized carbons (Fsp3) is 0.611. The summed E-state index contributed by atoms with van der Waals surface area (Å²) in [4.78, 5) is 2.14. The van der Waals surface area contributed by atoms with Crippen molar-refractivity contribution in [2.75, 3.05) is 25.4 Å². The molecule has 126 valence electrons. The number of aliphatic hydroxyl groups is 1. The van der Waals surface area contributed by atoms with Gasteiger partial charge in [-0.05, 0) is 37.3 Å². The lowest BCUT2D eigenvalue weighted by atomic mass is 9.97. The quantitative estimate of drug-likeness (QED) is 0.788. The van der Waals surface area contributed by atoms with E-state index in [0.717, 1.165) is 32.4 Å². The van der Waals surface area contributed by atoms with Gasteiger partial charge in [-0.3, -0.25) is 4.90 Å². The average Bonchev–Trinajstić information content (AvgIpc) is 2.52. The summed E-state index contributed by atoms with van der Waals surface area (Å²) in [7, 11) is 0. The average molecular weight is 317 g/mol. The number of nitrogens with zero attached hydrogens (tertiary/aromatic N) is 2. The van der Waals surface area contributed by atoms with E-state index in [9.17, 15) is 10.4 Å². The van der Waals surface area contributed by atoms with Crippen LogP contribution in [0, 0.1) is 23.2 Å². The minimum absolute atomic E-state index is 0.360. The molecule has 23 heavy (non-hydrogen) atoms. The molecule has 1 aliphatic heterocycles. The number of hydrogen-bond acceptors (Lipinski definition) is 5. The zero-order valence-electron chi connectivity index (χ0n) is 14.0. The first kappa shape index (κ1) is 17.6. The summed E-state index contributed by atoms with van der Waals surface area (Å²) in [5.41, 5.74) is 6.65. The molecule has 0 amide bonds. The molecule has 2 atom stereocenters. The predicted molar refractivity (Wildman–Crippen MR) is 90.8 cm³/mol. The second kappa shape index (κ2) is 8.19. The van der Waals surface area contributed by atoms with Crippen LogP contribution in [-0.4, -0.2) is 35.9 Å². The number of rotatable bonds is 6. The molecule has 0 aliphatic carbocycles. The van der Waals surface area contributed by atoms with Gasteiger partial charge in [0.15, 0.2) is 0 Å². The van der Waals surface area contributed by atoms with Crippen molar-refractivity contribution < 1.29 is 9.84 Å². The molecule has 1 aliphatic rings. The number of piperidine rings is 1. The van der Waals surface area contributed by atoms with E-state index in [0.29, 0.717) is 35.4 Å². The Balaban J connectivity index is 1.91. The predicted octanol–water partition coefficient (Wildman–Crippen LogP) is 2.60. The molecule has 2 unspecified atom stereocenters. The second-order valence-electron chi connectivity index (χ2n) is 6.76. The smallest absolute Gasteiger partial charge is 0.139 e. The lowest BCUT2D eigenvalue weighted by molar-refractivity contribution is -0.0383. The Bertz CT molecular complexity index is 554. The molecule has 5 heteroatoms. The first-order valence-electron chi connectivity index (χ1n) is 8.34. The monoisotopic (exact) mass is 317 g/mol. The lowest BCUT2D eigenvalue weighted by Crippen LogP contribution is -2.44. The highest BCUT2D eigenvalue weighted by molar-refractivity contribution is 5.60. The van der Waals surface area contributed by atoms with E-state index in [1.54, 1.807) is 18.2 Å². The van der Waals surface area contributed by atoms with Crippen molar-refractivity contribution in [2.45, 2.75) is 39.3 Å². The van der Waals surface area contributed by atoms with Gasteiger partial charge in [0.05, 0.1) is 12.3 Å². The molecule has 0 aromatic heterocycles. The van der Waals surface area contributed by atoms with Gasteiger partial charge in [0.25, 0.3) is 0 Å². The van der Waals surface area contributed by atoms with Crippen molar-refractivity contribution in [3.05, 3.63) is 23.8 Å². The molecule has 0 radical (unpaired) electrons. The third-order valence-corrected chi connectivity index (χ3v) is 4.30. The minimum Gasteiger partial charge on any atom is -0.492 e. The van der Waals surface area contributed by atoms with Crippen molar-refractivity contribution in [3.8, 4) is 11.8 Å². The van der Waals surface area contributed by atoms with Gasteiger partial charge in [-0.25, -0.2) is 0 Å². The van der Waals surface area contributed by atoms with Gasteiger partial charge in [-0.2, -0.15) is 5.26 Å². The number of nitriles is 1. The fourth-order valence-corrected chi connectivity index (χ4v) is 3.07. The molecule has 1 fully saturated rings. The van der Waals surface area contributed by atoms with E-state index in [1.807, 2.05) is 0 Å². The number of likely N-dealkylation sites (tertiary alicyclic amines) is 1. The molecule has 0 saturated carbocycles. The second-order valence-corrected chi connectivity index (χ2v) is 6.76. The standard InChI is InChI=1S/C18H27N3O2/c1-13(2)9-18(22)21-8-4-5-14(11-21)12-23-17-7-3-6-16(20)15(17)10-19/h3,6-7,13-14,18,22H,4-5,8-9,11-12,20H2,1-2H3. The van der Waals surface area contributed by atoms with Gasteiger partial charge in [0.2, 0.25) is 0 Å². The van der Waals surface area contributed by atoms with Crippen LogP contribution in [0.5, 0.6) is 5.75 Å². The van der Waals surface area contributed by atoms with Crippen LogP contribution < -0.4 is 10.5 Å². The van der Waals surface area contributed by atoms with Gasteiger partial charge in [0, 0.05) is 19.0 Å². The van der Waals surface area contributed by atoms with Gasteiger partial charge in [-0.15, -0.1) is 0 Å². The van der Waals surface area contributed by atoms with Gasteiger partial charge < -0.3 is 15.6 Å². The molecule has 1 aromatic rings. The van der Waals surface area contributed by atoms with Crippen LogP contribution in [0.25, 0.3) is 0 Å². The van der Waals surface area contributed by atoms with Crippen LogP contribution >= 0.6 is 0 Å². The van der Waals surface area contributed by atoms with Crippen LogP contribution in [0.15, 0.2) is 18.2 Å². The summed E-state index contributed by atoms with van der Waals surface area (Å²) in [5.74, 6) is 1.39. The van der Waals surface area contributed by atoms with Crippen molar-refractivity contribution >= 4 is 5.69 Å². The van der Waals surface area contributed by atoms with Crippen LogP contribution in [0.4, 0.5) is 5.69 Å². The number of benzene rings is 1. The molecule has 1 heterocycles. The SMILES string of the molecule is CC(C)CC(O)N1CCCC(COc2cccc(N)c2C#N)C1. The first-order valence-corrected chi connectivity index (χ1v) is 8.34. The normalized spacial score (nSPS) is 20.2. The van der Waals surface area contributed by atoms with Crippen molar-refractivity contribution in [2.24, 2.45) is 11.8 Å². The Morgan fingerprint density at radius 1 is 1.48 bits per heavy atom. The molecule has 1 aromatic carbocycles. The highest BCUT2D eigenvalue weighted by Crippen LogP contribution is 2.26. The zero-order chi connectivity index (χ0) is 16.8. The summed E-state index contributed by atoms with van der Waals surface area (Å²) in [6.07, 6.45) is 2.56. The van der Waals surface area contributed by atoms with E-state index >= 15 is 0 Å². The lowest BCUT2D eigenvalue weighted by Gasteiger charge is -2.36. The summed E-state index contributed by atoms with van der Waals surface area (Å²) >= 11 is 0. The molecule has 5 nitrogen and oxygen atoms in total. The third kappa shape index (κ3) is 4.85. The van der Waals surface area contributed by atoms with Crippen LogP contribution in [0.2, 0.25) is 0 Å². The van der Waals surface area contributed by atoms with Crippen LogP contribution in [0.3, 0.4) is 0 Å². The Morgan fingerprint density at radius 2 is 2.26 bits per heavy atom. The molecule has 1 saturated heterocycles. The Kier molecular flexibility index (Phi) is 6.26. The van der Waals surface area contributed by atoms with Gasteiger partial charge >= 0.3 is 0 Å². The maximum absolute atomic E-state index is 10.3. The maximum Gasteiger partial charge on any atom is 0.139 e. The van der Waals surface area contributed by atoms with E-state index in [-0.39, 0.29) is 6.23 Å². The van der Waals surface area contributed by atoms with Gasteiger partial charge in [-0.1, -0.05) is 19.9 Å². The molecule has 2 rings (SSSR count). The summed E-state index contributed by atoms with van der Waals surface area (Å²) < 4.78 is 5.85. The highest BCUT2D eigenvalue weighted by Gasteiger charge is 2.25. The summed E-state index contributed by atoms with van der Waals surface area (Å²) in [6, 6.07) is 7.38. The zero-order valence-corrected chi connectivity index (χ0v) is 14.0. The third-order valence-electron chi connectivity index (χ3n) is 4.30. The van der Waals surface area contributed by atoms with Crippen molar-refractivity contribution in [3.63, 3.8) is 0 Å². The Hall–Kier alpha value is -1.77. The van der Waals surface area contributed by atoms with E-state index < -0.39 is 0 Å². The number of aliphatic hydroxyl groups excluding tert-OH is 1.